The Kier molecular flexibility index (Phi) is 4.64. The van der Waals surface area contributed by atoms with Crippen LogP contribution >= 0.6 is 0 Å². The van der Waals surface area contributed by atoms with Crippen LogP contribution in [0.3, 0.4) is 0 Å². The number of hydrogen-bond donors (Lipinski definition) is 0. The summed E-state index contributed by atoms with van der Waals surface area (Å²) in [6, 6.07) is 14.1. The highest BCUT2D eigenvalue weighted by atomic mass is 16.5. The van der Waals surface area contributed by atoms with Crippen LogP contribution in [0.15, 0.2) is 54.7 Å². The maximum atomic E-state index is 13.3. The minimum Gasteiger partial charge on any atom is -0.497 e. The van der Waals surface area contributed by atoms with E-state index in [2.05, 4.69) is 4.90 Å². The molecular weight excluding hydrogens is 344 g/mol. The van der Waals surface area contributed by atoms with Crippen LogP contribution in [-0.4, -0.2) is 50.1 Å². The van der Waals surface area contributed by atoms with E-state index in [0.717, 1.165) is 13.1 Å². The average Bonchev–Trinajstić information content (AvgIpc) is 2.72. The van der Waals surface area contributed by atoms with Crippen molar-refractivity contribution in [2.24, 2.45) is 0 Å². The van der Waals surface area contributed by atoms with Crippen molar-refractivity contribution >= 4 is 23.1 Å². The van der Waals surface area contributed by atoms with Gasteiger partial charge in [-0.1, -0.05) is 18.2 Å². The van der Waals surface area contributed by atoms with Gasteiger partial charge in [-0.3, -0.25) is 9.59 Å². The predicted molar refractivity (Wildman–Crippen MR) is 102 cm³/mol. The lowest BCUT2D eigenvalue weighted by molar-refractivity contribution is -0.112. The first-order valence-electron chi connectivity index (χ1n) is 8.85. The van der Waals surface area contributed by atoms with Gasteiger partial charge in [-0.25, -0.2) is 4.90 Å². The molecule has 0 aliphatic carbocycles. The number of carbonyl (C=O) groups is 2. The maximum absolute atomic E-state index is 13.3. The third-order valence-corrected chi connectivity index (χ3v) is 4.77. The third kappa shape index (κ3) is 3.19. The van der Waals surface area contributed by atoms with Gasteiger partial charge in [-0.2, -0.15) is 0 Å². The molecule has 0 unspecified atom stereocenters. The summed E-state index contributed by atoms with van der Waals surface area (Å²) in [6.45, 7) is 2.69. The van der Waals surface area contributed by atoms with Crippen molar-refractivity contribution in [3.8, 4) is 5.75 Å². The number of anilines is 1. The minimum atomic E-state index is -0.324. The SMILES string of the molecule is COc1ccc(N2C(=O)/C(=C/N3CCOCC3)c3ccccc3C2=O)cc1. The minimum absolute atomic E-state index is 0.320. The molecule has 27 heavy (non-hydrogen) atoms. The van der Waals surface area contributed by atoms with Crippen molar-refractivity contribution in [2.45, 2.75) is 0 Å². The second-order valence-electron chi connectivity index (χ2n) is 6.38. The van der Waals surface area contributed by atoms with E-state index in [-0.39, 0.29) is 11.8 Å². The highest BCUT2D eigenvalue weighted by molar-refractivity contribution is 6.41. The van der Waals surface area contributed by atoms with Gasteiger partial charge in [0.2, 0.25) is 0 Å². The second kappa shape index (κ2) is 7.25. The molecule has 0 radical (unpaired) electrons. The van der Waals surface area contributed by atoms with Gasteiger partial charge < -0.3 is 14.4 Å². The Morgan fingerprint density at radius 1 is 0.926 bits per heavy atom. The largest absolute Gasteiger partial charge is 0.497 e. The summed E-state index contributed by atoms with van der Waals surface area (Å²) in [5.74, 6) is 0.0235. The van der Waals surface area contributed by atoms with Gasteiger partial charge in [0, 0.05) is 30.4 Å². The molecule has 1 fully saturated rings. The first-order valence-corrected chi connectivity index (χ1v) is 8.85. The Bertz CT molecular complexity index is 899. The van der Waals surface area contributed by atoms with Crippen molar-refractivity contribution in [1.29, 1.82) is 0 Å². The number of carbonyl (C=O) groups excluding carboxylic acids is 2. The highest BCUT2D eigenvalue weighted by Gasteiger charge is 2.36. The molecule has 4 rings (SSSR count). The van der Waals surface area contributed by atoms with Crippen molar-refractivity contribution in [1.82, 2.24) is 4.90 Å². The number of ether oxygens (including phenoxy) is 2. The molecule has 1 saturated heterocycles. The summed E-state index contributed by atoms with van der Waals surface area (Å²) in [5, 5.41) is 0. The summed E-state index contributed by atoms with van der Waals surface area (Å²) in [5.41, 5.74) is 2.23. The molecule has 0 aromatic heterocycles. The molecule has 2 aliphatic rings. The van der Waals surface area contributed by atoms with E-state index in [9.17, 15) is 9.59 Å². The van der Waals surface area contributed by atoms with Crippen LogP contribution in [0.25, 0.3) is 5.57 Å². The van der Waals surface area contributed by atoms with Gasteiger partial charge >= 0.3 is 0 Å². The van der Waals surface area contributed by atoms with E-state index in [1.165, 1.54) is 4.90 Å². The number of nitrogens with zero attached hydrogens (tertiary/aromatic N) is 2. The molecule has 2 aliphatic heterocycles. The van der Waals surface area contributed by atoms with Crippen LogP contribution in [0.5, 0.6) is 5.75 Å². The zero-order valence-corrected chi connectivity index (χ0v) is 15.1. The number of benzene rings is 2. The number of morpholine rings is 1. The van der Waals surface area contributed by atoms with E-state index in [0.29, 0.717) is 41.4 Å². The topological polar surface area (TPSA) is 59.1 Å². The van der Waals surface area contributed by atoms with Crippen LogP contribution in [0.2, 0.25) is 0 Å². The van der Waals surface area contributed by atoms with E-state index >= 15 is 0 Å². The van der Waals surface area contributed by atoms with Crippen molar-refractivity contribution in [3.63, 3.8) is 0 Å². The quantitative estimate of drug-likeness (QED) is 0.619. The molecule has 0 atom stereocenters. The normalized spacial score (nSPS) is 18.6. The Balaban J connectivity index is 1.78. The smallest absolute Gasteiger partial charge is 0.267 e. The number of imide groups is 1. The first-order chi connectivity index (χ1) is 13.2. The number of hydrogen-bond acceptors (Lipinski definition) is 5. The Hall–Kier alpha value is -3.12. The van der Waals surface area contributed by atoms with Gasteiger partial charge in [0.05, 0.1) is 31.6 Å². The molecule has 6 nitrogen and oxygen atoms in total. The van der Waals surface area contributed by atoms with Crippen LogP contribution in [0.1, 0.15) is 15.9 Å². The molecule has 2 aromatic carbocycles. The molecule has 6 heteroatoms. The molecule has 0 spiro atoms. The lowest BCUT2D eigenvalue weighted by atomic mass is 9.93. The monoisotopic (exact) mass is 364 g/mol. The van der Waals surface area contributed by atoms with Crippen LogP contribution in [0, 0.1) is 0 Å². The summed E-state index contributed by atoms with van der Waals surface area (Å²) in [7, 11) is 1.58. The summed E-state index contributed by atoms with van der Waals surface area (Å²) < 4.78 is 10.6. The van der Waals surface area contributed by atoms with E-state index in [4.69, 9.17) is 9.47 Å². The van der Waals surface area contributed by atoms with Gasteiger partial charge in [-0.15, -0.1) is 0 Å². The van der Waals surface area contributed by atoms with Crippen LogP contribution in [0.4, 0.5) is 5.69 Å². The van der Waals surface area contributed by atoms with Gasteiger partial charge in [-0.05, 0) is 30.3 Å². The van der Waals surface area contributed by atoms with Crippen molar-refractivity contribution in [2.75, 3.05) is 38.3 Å². The number of amides is 2. The second-order valence-corrected chi connectivity index (χ2v) is 6.38. The highest BCUT2D eigenvalue weighted by Crippen LogP contribution is 2.33. The lowest BCUT2D eigenvalue weighted by Crippen LogP contribution is -2.43. The van der Waals surface area contributed by atoms with Crippen LogP contribution < -0.4 is 9.64 Å². The zero-order valence-electron chi connectivity index (χ0n) is 15.1. The average molecular weight is 364 g/mol. The molecule has 0 bridgehead atoms. The standard InChI is InChI=1S/C21H20N2O4/c1-26-16-8-6-15(7-9-16)23-20(24)18-5-3-2-4-17(18)19(21(23)25)14-22-10-12-27-13-11-22/h2-9,14H,10-13H2,1H3/b19-14+. The summed E-state index contributed by atoms with van der Waals surface area (Å²) >= 11 is 0. The van der Waals surface area contributed by atoms with Crippen molar-refractivity contribution in [3.05, 3.63) is 65.9 Å². The maximum Gasteiger partial charge on any atom is 0.267 e. The Labute approximate surface area is 157 Å². The number of rotatable bonds is 3. The summed E-state index contributed by atoms with van der Waals surface area (Å²) in [4.78, 5) is 29.6. The first kappa shape index (κ1) is 17.3. The molecule has 0 N–H and O–H groups in total. The number of fused-ring (bicyclic) bond motifs is 1. The van der Waals surface area contributed by atoms with E-state index in [1.807, 2.05) is 24.4 Å². The van der Waals surface area contributed by atoms with E-state index in [1.54, 1.807) is 37.4 Å². The molecule has 0 saturated carbocycles. The third-order valence-electron chi connectivity index (χ3n) is 4.77. The van der Waals surface area contributed by atoms with E-state index < -0.39 is 0 Å². The lowest BCUT2D eigenvalue weighted by Gasteiger charge is -2.31. The number of methoxy groups -OCH3 is 1. The van der Waals surface area contributed by atoms with Gasteiger partial charge in [0.25, 0.3) is 11.8 Å². The predicted octanol–water partition coefficient (Wildman–Crippen LogP) is 2.56. The van der Waals surface area contributed by atoms with Crippen LogP contribution in [-0.2, 0) is 9.53 Å². The summed E-state index contributed by atoms with van der Waals surface area (Å²) in [6.07, 6.45) is 1.85. The molecule has 2 aromatic rings. The molecule has 2 amide bonds. The van der Waals surface area contributed by atoms with Gasteiger partial charge in [0.15, 0.2) is 0 Å². The van der Waals surface area contributed by atoms with Crippen molar-refractivity contribution < 1.29 is 19.1 Å². The fourth-order valence-corrected chi connectivity index (χ4v) is 3.33. The molecular formula is C21H20N2O4. The fourth-order valence-electron chi connectivity index (χ4n) is 3.33. The zero-order chi connectivity index (χ0) is 18.8. The fraction of sp³-hybridized carbons (Fsp3) is 0.238. The van der Waals surface area contributed by atoms with Gasteiger partial charge in [0.1, 0.15) is 5.75 Å². The Morgan fingerprint density at radius 3 is 2.26 bits per heavy atom. The Morgan fingerprint density at radius 2 is 1.59 bits per heavy atom. The molecule has 138 valence electrons. The molecule has 2 heterocycles.